The molecule has 220 valence electrons. The summed E-state index contributed by atoms with van der Waals surface area (Å²) in [5.41, 5.74) is -0.506. The fourth-order valence-corrected chi connectivity index (χ4v) is 5.91. The molecule has 1 heterocycles. The van der Waals surface area contributed by atoms with Gasteiger partial charge in [-0.3, -0.25) is 14.4 Å². The molecule has 0 saturated carbocycles. The van der Waals surface area contributed by atoms with E-state index in [4.69, 9.17) is 18.9 Å². The van der Waals surface area contributed by atoms with Gasteiger partial charge in [0.15, 0.2) is 18.3 Å². The summed E-state index contributed by atoms with van der Waals surface area (Å²) >= 11 is 1.55. The predicted molar refractivity (Wildman–Crippen MR) is 153 cm³/mol. The van der Waals surface area contributed by atoms with Crippen molar-refractivity contribution >= 4 is 29.7 Å². The molecular weight excluding hydrogens is 504 g/mol. The van der Waals surface area contributed by atoms with Crippen LogP contribution in [0.25, 0.3) is 0 Å². The fraction of sp³-hybridized carbons (Fsp3) is 0.833. The van der Waals surface area contributed by atoms with Crippen molar-refractivity contribution in [3.05, 3.63) is 12.2 Å². The van der Waals surface area contributed by atoms with E-state index in [1.165, 1.54) is 97.8 Å². The Morgan fingerprint density at radius 1 is 0.658 bits per heavy atom. The molecule has 1 aliphatic heterocycles. The number of thioether (sulfide) groups is 1. The topological polar surface area (TPSA) is 88.1 Å². The third kappa shape index (κ3) is 15.8. The Morgan fingerprint density at radius 3 is 1.63 bits per heavy atom. The molecule has 0 aromatic rings. The van der Waals surface area contributed by atoms with Crippen LogP contribution in [0.1, 0.15) is 125 Å². The summed E-state index contributed by atoms with van der Waals surface area (Å²) in [5, 5.41) is 0. The molecule has 0 N–H and O–H groups in total. The first-order chi connectivity index (χ1) is 18.3. The van der Waals surface area contributed by atoms with E-state index in [1.54, 1.807) is 18.7 Å². The van der Waals surface area contributed by atoms with Crippen molar-refractivity contribution in [1.82, 2.24) is 0 Å². The highest BCUT2D eigenvalue weighted by molar-refractivity contribution is 7.99. The number of esters is 3. The summed E-state index contributed by atoms with van der Waals surface area (Å²) in [6.45, 7) is 7.90. The maximum Gasteiger partial charge on any atom is 0.303 e. The predicted octanol–water partition coefficient (Wildman–Crippen LogP) is 7.30. The van der Waals surface area contributed by atoms with Gasteiger partial charge in [-0.2, -0.15) is 0 Å². The molecule has 1 aliphatic rings. The van der Waals surface area contributed by atoms with Gasteiger partial charge in [0.1, 0.15) is 5.44 Å². The second-order valence-electron chi connectivity index (χ2n) is 10.2. The summed E-state index contributed by atoms with van der Waals surface area (Å²) in [6.07, 6.45) is 19.2. The van der Waals surface area contributed by atoms with Crippen LogP contribution in [0.4, 0.5) is 0 Å². The molecule has 0 aromatic heterocycles. The smallest absolute Gasteiger partial charge is 0.303 e. The monoisotopic (exact) mass is 556 g/mol. The fourth-order valence-electron chi connectivity index (χ4n) is 4.65. The first-order valence-corrected chi connectivity index (χ1v) is 15.7. The molecule has 1 saturated heterocycles. The van der Waals surface area contributed by atoms with Crippen LogP contribution in [0.5, 0.6) is 0 Å². The van der Waals surface area contributed by atoms with Gasteiger partial charge >= 0.3 is 17.9 Å². The Hall–Kier alpha value is -1.54. The second kappa shape index (κ2) is 21.3. The Balaban J connectivity index is 2.29. The number of carbonyl (C=O) groups is 3. The van der Waals surface area contributed by atoms with Crippen molar-refractivity contribution in [3.8, 4) is 0 Å². The summed E-state index contributed by atoms with van der Waals surface area (Å²) in [6, 6.07) is 0. The molecule has 8 heteroatoms. The minimum absolute atomic E-state index is 0.505. The lowest BCUT2D eigenvalue weighted by molar-refractivity contribution is -0.229. The largest absolute Gasteiger partial charge is 0.456 e. The van der Waals surface area contributed by atoms with Crippen LogP contribution in [0.15, 0.2) is 12.2 Å². The maximum atomic E-state index is 11.8. The molecule has 5 atom stereocenters. The number of rotatable bonds is 20. The van der Waals surface area contributed by atoms with Crippen molar-refractivity contribution in [2.75, 3.05) is 5.75 Å². The number of ether oxygens (including phenoxy) is 4. The number of allylic oxidation sites excluding steroid dienone is 2. The SMILES string of the molecule is CCCCCCCC/C=C\CCCCCCCCS[C@H]1O[C@@H](C)[C@@H](OC(C)=O)[C@@H](OC(C)=O)[C@@H]1OC(C)=O. The van der Waals surface area contributed by atoms with E-state index in [1.807, 2.05) is 0 Å². The van der Waals surface area contributed by atoms with Crippen molar-refractivity contribution in [2.24, 2.45) is 0 Å². The van der Waals surface area contributed by atoms with Crippen LogP contribution >= 0.6 is 11.8 Å². The lowest BCUT2D eigenvalue weighted by Crippen LogP contribution is -2.59. The first-order valence-electron chi connectivity index (χ1n) is 14.7. The van der Waals surface area contributed by atoms with E-state index < -0.39 is 47.8 Å². The van der Waals surface area contributed by atoms with Crippen LogP contribution in [-0.4, -0.2) is 53.5 Å². The quantitative estimate of drug-likeness (QED) is 0.0668. The Kier molecular flexibility index (Phi) is 19.3. The zero-order valence-electron chi connectivity index (χ0n) is 24.4. The van der Waals surface area contributed by atoms with Crippen LogP contribution in [0.2, 0.25) is 0 Å². The second-order valence-corrected chi connectivity index (χ2v) is 11.4. The van der Waals surface area contributed by atoms with Crippen LogP contribution in [-0.2, 0) is 33.3 Å². The summed E-state index contributed by atoms with van der Waals surface area (Å²) < 4.78 is 22.4. The van der Waals surface area contributed by atoms with E-state index >= 15 is 0 Å². The van der Waals surface area contributed by atoms with Gasteiger partial charge in [-0.1, -0.05) is 76.9 Å². The molecule has 0 unspecified atom stereocenters. The molecule has 0 radical (unpaired) electrons. The summed E-state index contributed by atoms with van der Waals surface area (Å²) in [5.74, 6) is -0.717. The van der Waals surface area contributed by atoms with E-state index in [9.17, 15) is 14.4 Å². The Bertz CT molecular complexity index is 696. The van der Waals surface area contributed by atoms with Gasteiger partial charge in [-0.25, -0.2) is 0 Å². The highest BCUT2D eigenvalue weighted by atomic mass is 32.2. The van der Waals surface area contributed by atoms with Crippen molar-refractivity contribution in [3.63, 3.8) is 0 Å². The standard InChI is InChI=1S/C30H52O7S/c1-6-7-8-9-10-11-12-13-14-15-16-17-18-19-20-21-22-38-30-29(37-26(5)33)28(36-25(4)32)27(23(2)34-30)35-24(3)31/h13-14,23,27-30H,6-12,15-22H2,1-5H3/b14-13-/t23-,27+,28+,29-,30+/m0/s1. The minimum atomic E-state index is -0.915. The highest BCUT2D eigenvalue weighted by Crippen LogP contribution is 2.34. The minimum Gasteiger partial charge on any atom is -0.456 e. The normalized spacial score (nSPS) is 23.3. The van der Waals surface area contributed by atoms with Crippen LogP contribution in [0.3, 0.4) is 0 Å². The Labute approximate surface area is 235 Å². The zero-order chi connectivity index (χ0) is 28.2. The highest BCUT2D eigenvalue weighted by Gasteiger charge is 2.50. The average Bonchev–Trinajstić information content (AvgIpc) is 2.84. The van der Waals surface area contributed by atoms with Gasteiger partial charge in [0.25, 0.3) is 0 Å². The number of carbonyl (C=O) groups excluding carboxylic acids is 3. The molecule has 0 aliphatic carbocycles. The van der Waals surface area contributed by atoms with E-state index in [-0.39, 0.29) is 0 Å². The van der Waals surface area contributed by atoms with Crippen LogP contribution in [0, 0.1) is 0 Å². The van der Waals surface area contributed by atoms with Gasteiger partial charge < -0.3 is 18.9 Å². The van der Waals surface area contributed by atoms with Gasteiger partial charge in [0, 0.05) is 20.8 Å². The molecular formula is C30H52O7S. The molecule has 0 bridgehead atoms. The zero-order valence-corrected chi connectivity index (χ0v) is 25.2. The first kappa shape index (κ1) is 34.5. The Morgan fingerprint density at radius 2 is 1.11 bits per heavy atom. The van der Waals surface area contributed by atoms with Crippen molar-refractivity contribution in [2.45, 2.75) is 154 Å². The summed E-state index contributed by atoms with van der Waals surface area (Å²) in [4.78, 5) is 35.2. The number of hydrogen-bond acceptors (Lipinski definition) is 8. The average molecular weight is 557 g/mol. The molecule has 1 rings (SSSR count). The van der Waals surface area contributed by atoms with E-state index in [0.717, 1.165) is 18.6 Å². The molecule has 0 amide bonds. The van der Waals surface area contributed by atoms with E-state index in [2.05, 4.69) is 19.1 Å². The van der Waals surface area contributed by atoms with Crippen LogP contribution < -0.4 is 0 Å². The third-order valence-electron chi connectivity index (χ3n) is 6.57. The summed E-state index contributed by atoms with van der Waals surface area (Å²) in [7, 11) is 0. The number of unbranched alkanes of at least 4 members (excludes halogenated alkanes) is 12. The van der Waals surface area contributed by atoms with Gasteiger partial charge in [-0.05, 0) is 44.8 Å². The molecule has 0 spiro atoms. The number of hydrogen-bond donors (Lipinski definition) is 0. The van der Waals surface area contributed by atoms with Gasteiger partial charge in [0.05, 0.1) is 6.10 Å². The van der Waals surface area contributed by atoms with Crippen molar-refractivity contribution < 1.29 is 33.3 Å². The molecule has 7 nitrogen and oxygen atoms in total. The third-order valence-corrected chi connectivity index (χ3v) is 7.80. The lowest BCUT2D eigenvalue weighted by Gasteiger charge is -2.43. The lowest BCUT2D eigenvalue weighted by atomic mass is 10.00. The van der Waals surface area contributed by atoms with Gasteiger partial charge in [-0.15, -0.1) is 11.8 Å². The van der Waals surface area contributed by atoms with E-state index in [0.29, 0.717) is 0 Å². The maximum absolute atomic E-state index is 11.8. The van der Waals surface area contributed by atoms with Crippen molar-refractivity contribution in [1.29, 1.82) is 0 Å². The molecule has 0 aromatic carbocycles. The molecule has 1 fully saturated rings. The van der Waals surface area contributed by atoms with Gasteiger partial charge in [0.2, 0.25) is 0 Å². The molecule has 38 heavy (non-hydrogen) atoms.